The zero-order valence-electron chi connectivity index (χ0n) is 15.5. The molecule has 144 valence electrons. The van der Waals surface area contributed by atoms with Crippen molar-refractivity contribution in [1.29, 1.82) is 0 Å². The van der Waals surface area contributed by atoms with Gasteiger partial charge in [-0.2, -0.15) is 0 Å². The molecule has 0 saturated carbocycles. The minimum atomic E-state index is -0.257. The number of nitrogens with zero attached hydrogens (tertiary/aromatic N) is 1. The summed E-state index contributed by atoms with van der Waals surface area (Å²) >= 11 is 0. The first-order chi connectivity index (χ1) is 13.7. The fourth-order valence-electron chi connectivity index (χ4n) is 2.62. The van der Waals surface area contributed by atoms with Crippen LogP contribution in [0.1, 0.15) is 5.56 Å². The zero-order valence-corrected chi connectivity index (χ0v) is 15.5. The van der Waals surface area contributed by atoms with Crippen LogP contribution in [-0.2, 0) is 4.79 Å². The number of hydrogen-bond acceptors (Lipinski definition) is 4. The number of ether oxygens (including phenoxy) is 2. The quantitative estimate of drug-likeness (QED) is 0.750. The van der Waals surface area contributed by atoms with Gasteiger partial charge in [-0.3, -0.25) is 9.69 Å². The monoisotopic (exact) mass is 379 g/mol. The molecule has 0 radical (unpaired) electrons. The summed E-state index contributed by atoms with van der Waals surface area (Å²) < 4.78 is 10.5. The molecule has 0 unspecified atom stereocenters. The molecule has 2 aromatic rings. The van der Waals surface area contributed by atoms with Crippen LogP contribution in [0.25, 0.3) is 0 Å². The summed E-state index contributed by atoms with van der Waals surface area (Å²) in [5, 5.41) is 5.45. The van der Waals surface area contributed by atoms with Crippen LogP contribution in [0.3, 0.4) is 0 Å². The lowest BCUT2D eigenvalue weighted by Crippen LogP contribution is -2.29. The highest BCUT2D eigenvalue weighted by molar-refractivity contribution is 5.94. The van der Waals surface area contributed by atoms with Crippen LogP contribution in [0, 0.1) is 11.8 Å². The van der Waals surface area contributed by atoms with Crippen molar-refractivity contribution in [2.75, 3.05) is 38.3 Å². The summed E-state index contributed by atoms with van der Waals surface area (Å²) in [6.07, 6.45) is 0. The molecule has 7 nitrogen and oxygen atoms in total. The van der Waals surface area contributed by atoms with Gasteiger partial charge in [0.25, 0.3) is 5.91 Å². The molecular weight excluding hydrogens is 358 g/mol. The molecule has 3 rings (SSSR count). The third kappa shape index (κ3) is 5.17. The summed E-state index contributed by atoms with van der Waals surface area (Å²) in [7, 11) is 1.57. The van der Waals surface area contributed by atoms with Gasteiger partial charge in [-0.25, -0.2) is 4.79 Å². The highest BCUT2D eigenvalue weighted by Gasteiger charge is 2.20. The Morgan fingerprint density at radius 1 is 1.21 bits per heavy atom. The molecule has 1 heterocycles. The third-order valence-corrected chi connectivity index (χ3v) is 4.05. The van der Waals surface area contributed by atoms with E-state index in [0.717, 1.165) is 11.3 Å². The SMILES string of the molecule is COc1cccc(OCC(=O)NCC#Cc2ccc(N3CCNC3=O)cc2)c1. The number of carbonyl (C=O) groups is 2. The Bertz CT molecular complexity index is 900. The first-order valence-corrected chi connectivity index (χ1v) is 8.83. The lowest BCUT2D eigenvalue weighted by molar-refractivity contribution is -0.122. The predicted molar refractivity (Wildman–Crippen MR) is 106 cm³/mol. The standard InChI is InChI=1S/C21H21N3O4/c1-27-18-5-2-6-19(14-18)28-15-20(25)22-11-3-4-16-7-9-17(10-8-16)24-13-12-23-21(24)26/h2,5-10,14H,11-13,15H2,1H3,(H,22,25)(H,23,26). The van der Waals surface area contributed by atoms with Crippen LogP contribution in [0.15, 0.2) is 48.5 Å². The van der Waals surface area contributed by atoms with Gasteiger partial charge in [0.05, 0.1) is 13.7 Å². The molecule has 1 fully saturated rings. The predicted octanol–water partition coefficient (Wildman–Crippen LogP) is 1.77. The smallest absolute Gasteiger partial charge is 0.321 e. The van der Waals surface area contributed by atoms with E-state index in [1.807, 2.05) is 24.3 Å². The summed E-state index contributed by atoms with van der Waals surface area (Å²) in [5.41, 5.74) is 1.65. The molecule has 2 aromatic carbocycles. The Labute approximate surface area is 163 Å². The molecule has 0 bridgehead atoms. The minimum Gasteiger partial charge on any atom is -0.497 e. The van der Waals surface area contributed by atoms with Gasteiger partial charge >= 0.3 is 6.03 Å². The van der Waals surface area contributed by atoms with Crippen LogP contribution >= 0.6 is 0 Å². The van der Waals surface area contributed by atoms with Gasteiger partial charge in [-0.05, 0) is 36.4 Å². The topological polar surface area (TPSA) is 79.9 Å². The molecule has 0 aromatic heterocycles. The van der Waals surface area contributed by atoms with E-state index in [0.29, 0.717) is 24.6 Å². The fraction of sp³-hybridized carbons (Fsp3) is 0.238. The van der Waals surface area contributed by atoms with E-state index in [2.05, 4.69) is 22.5 Å². The Morgan fingerprint density at radius 2 is 2.00 bits per heavy atom. The maximum absolute atomic E-state index is 11.8. The van der Waals surface area contributed by atoms with Crippen molar-refractivity contribution in [1.82, 2.24) is 10.6 Å². The van der Waals surface area contributed by atoms with Gasteiger partial charge in [0.1, 0.15) is 11.5 Å². The van der Waals surface area contributed by atoms with Gasteiger partial charge in [-0.1, -0.05) is 17.9 Å². The number of carbonyl (C=O) groups excluding carboxylic acids is 2. The summed E-state index contributed by atoms with van der Waals surface area (Å²) in [6.45, 7) is 1.44. The van der Waals surface area contributed by atoms with Crippen LogP contribution in [0.2, 0.25) is 0 Å². The molecule has 0 spiro atoms. The second kappa shape index (κ2) is 9.33. The van der Waals surface area contributed by atoms with Crippen molar-refractivity contribution in [3.8, 4) is 23.3 Å². The van der Waals surface area contributed by atoms with Crippen LogP contribution in [0.5, 0.6) is 11.5 Å². The molecule has 1 aliphatic heterocycles. The highest BCUT2D eigenvalue weighted by atomic mass is 16.5. The Morgan fingerprint density at radius 3 is 2.71 bits per heavy atom. The molecular formula is C21H21N3O4. The number of nitrogens with one attached hydrogen (secondary N) is 2. The van der Waals surface area contributed by atoms with Crippen LogP contribution in [-0.4, -0.2) is 45.3 Å². The first kappa shape index (κ1) is 19.1. The number of urea groups is 1. The molecule has 0 atom stereocenters. The van der Waals surface area contributed by atoms with Gasteiger partial charge in [0.15, 0.2) is 6.61 Å². The number of amides is 3. The normalized spacial score (nSPS) is 12.6. The summed E-state index contributed by atoms with van der Waals surface area (Å²) in [5.74, 6) is 6.85. The van der Waals surface area contributed by atoms with Gasteiger partial charge in [0.2, 0.25) is 0 Å². The average Bonchev–Trinajstić information content (AvgIpc) is 3.16. The van der Waals surface area contributed by atoms with E-state index < -0.39 is 0 Å². The highest BCUT2D eigenvalue weighted by Crippen LogP contribution is 2.18. The maximum Gasteiger partial charge on any atom is 0.321 e. The van der Waals surface area contributed by atoms with Gasteiger partial charge < -0.3 is 20.1 Å². The number of hydrogen-bond donors (Lipinski definition) is 2. The van der Waals surface area contributed by atoms with Crippen molar-refractivity contribution in [2.24, 2.45) is 0 Å². The largest absolute Gasteiger partial charge is 0.497 e. The molecule has 0 aliphatic carbocycles. The minimum absolute atomic E-state index is 0.0855. The molecule has 2 N–H and O–H groups in total. The number of methoxy groups -OCH3 is 1. The lowest BCUT2D eigenvalue weighted by Gasteiger charge is -2.13. The molecule has 7 heteroatoms. The van der Waals surface area contributed by atoms with E-state index >= 15 is 0 Å². The Hall–Kier alpha value is -3.66. The van der Waals surface area contributed by atoms with Crippen molar-refractivity contribution in [3.63, 3.8) is 0 Å². The van der Waals surface area contributed by atoms with Crippen molar-refractivity contribution < 1.29 is 19.1 Å². The summed E-state index contributed by atoms with van der Waals surface area (Å²) in [6, 6.07) is 14.4. The fourth-order valence-corrected chi connectivity index (χ4v) is 2.62. The summed E-state index contributed by atoms with van der Waals surface area (Å²) in [4.78, 5) is 25.1. The van der Waals surface area contributed by atoms with E-state index in [4.69, 9.17) is 9.47 Å². The van der Waals surface area contributed by atoms with E-state index in [1.165, 1.54) is 0 Å². The average molecular weight is 379 g/mol. The Balaban J connectivity index is 1.43. The first-order valence-electron chi connectivity index (χ1n) is 8.83. The third-order valence-electron chi connectivity index (χ3n) is 4.05. The van der Waals surface area contributed by atoms with Crippen molar-refractivity contribution in [2.45, 2.75) is 0 Å². The van der Waals surface area contributed by atoms with Crippen molar-refractivity contribution >= 4 is 17.6 Å². The number of anilines is 1. The number of rotatable bonds is 6. The van der Waals surface area contributed by atoms with Gasteiger partial charge in [0, 0.05) is 30.4 Å². The lowest BCUT2D eigenvalue weighted by atomic mass is 10.2. The zero-order chi connectivity index (χ0) is 19.8. The second-order valence-corrected chi connectivity index (χ2v) is 5.98. The maximum atomic E-state index is 11.8. The van der Waals surface area contributed by atoms with E-state index in [-0.39, 0.29) is 25.1 Å². The molecule has 3 amide bonds. The second-order valence-electron chi connectivity index (χ2n) is 5.98. The van der Waals surface area contributed by atoms with Crippen LogP contribution < -0.4 is 25.0 Å². The van der Waals surface area contributed by atoms with E-state index in [9.17, 15) is 9.59 Å². The molecule has 1 saturated heterocycles. The molecule has 28 heavy (non-hydrogen) atoms. The Kier molecular flexibility index (Phi) is 6.37. The van der Waals surface area contributed by atoms with Gasteiger partial charge in [-0.15, -0.1) is 0 Å². The van der Waals surface area contributed by atoms with E-state index in [1.54, 1.807) is 36.3 Å². The van der Waals surface area contributed by atoms with Crippen molar-refractivity contribution in [3.05, 3.63) is 54.1 Å². The number of benzene rings is 2. The molecule has 1 aliphatic rings. The van der Waals surface area contributed by atoms with Crippen LogP contribution in [0.4, 0.5) is 10.5 Å².